The number of benzene rings is 2. The Bertz CT molecular complexity index is 983. The molecule has 0 radical (unpaired) electrons. The highest BCUT2D eigenvalue weighted by molar-refractivity contribution is 6.32. The van der Waals surface area contributed by atoms with Crippen LogP contribution in [0, 0.1) is 11.3 Å². The van der Waals surface area contributed by atoms with E-state index in [-0.39, 0.29) is 16.9 Å². The van der Waals surface area contributed by atoms with Crippen LogP contribution in [0.25, 0.3) is 5.57 Å². The van der Waals surface area contributed by atoms with Gasteiger partial charge in [0.05, 0.1) is 38.5 Å². The van der Waals surface area contributed by atoms with Crippen LogP contribution in [0.2, 0.25) is 0 Å². The molecule has 29 heavy (non-hydrogen) atoms. The molecule has 0 fully saturated rings. The monoisotopic (exact) mass is 395 g/mol. The second kappa shape index (κ2) is 9.71. The van der Waals surface area contributed by atoms with Crippen molar-refractivity contribution in [3.63, 3.8) is 0 Å². The summed E-state index contributed by atoms with van der Waals surface area (Å²) in [7, 11) is 3.66. The third-order valence-corrected chi connectivity index (χ3v) is 3.81. The van der Waals surface area contributed by atoms with Crippen LogP contribution in [-0.2, 0) is 23.9 Å². The van der Waals surface area contributed by atoms with Crippen LogP contribution < -0.4 is 9.47 Å². The Morgan fingerprint density at radius 2 is 1.31 bits per heavy atom. The largest absolute Gasteiger partial charge is 0.497 e. The van der Waals surface area contributed by atoms with E-state index in [1.807, 2.05) is 6.07 Å². The molecule has 0 amide bonds. The molecule has 8 nitrogen and oxygen atoms in total. The fraction of sp³-hybridized carbons (Fsp3) is 0.143. The number of hydrogen-bond acceptors (Lipinski definition) is 8. The zero-order valence-corrected chi connectivity index (χ0v) is 15.9. The number of rotatable bonds is 6. The molecule has 2 aromatic carbocycles. The number of nitrogens with zero attached hydrogens (tertiary/aromatic N) is 1. The highest BCUT2D eigenvalue weighted by Gasteiger charge is 2.31. The highest BCUT2D eigenvalue weighted by atomic mass is 16.6. The van der Waals surface area contributed by atoms with Crippen LogP contribution in [-0.4, -0.2) is 39.2 Å². The van der Waals surface area contributed by atoms with Crippen LogP contribution in [0.15, 0.2) is 54.1 Å². The summed E-state index contributed by atoms with van der Waals surface area (Å²) in [6, 6.07) is 13.7. The van der Waals surface area contributed by atoms with E-state index in [4.69, 9.17) is 19.5 Å². The van der Waals surface area contributed by atoms with Crippen LogP contribution in [0.4, 0.5) is 0 Å². The van der Waals surface area contributed by atoms with Gasteiger partial charge in [-0.3, -0.25) is 0 Å². The molecule has 0 atom stereocenters. The average Bonchev–Trinajstić information content (AvgIpc) is 2.76. The van der Waals surface area contributed by atoms with Crippen LogP contribution >= 0.6 is 0 Å². The number of carbonyl (C=O) groups is 3. The van der Waals surface area contributed by atoms with Crippen molar-refractivity contribution in [3.05, 3.63) is 65.2 Å². The lowest BCUT2D eigenvalue weighted by molar-refractivity contribution is -0.142. The first-order valence-electron chi connectivity index (χ1n) is 8.22. The predicted molar refractivity (Wildman–Crippen MR) is 101 cm³/mol. The fourth-order valence-electron chi connectivity index (χ4n) is 2.37. The Balaban J connectivity index is 2.56. The van der Waals surface area contributed by atoms with Crippen molar-refractivity contribution in [2.24, 2.45) is 0 Å². The summed E-state index contributed by atoms with van der Waals surface area (Å²) in [5, 5.41) is 8.84. The van der Waals surface area contributed by atoms with E-state index in [9.17, 15) is 14.4 Å². The smallest absolute Gasteiger partial charge is 0.351 e. The lowest BCUT2D eigenvalue weighted by atomic mass is 9.99. The molecule has 8 heteroatoms. The van der Waals surface area contributed by atoms with E-state index < -0.39 is 23.5 Å². The van der Waals surface area contributed by atoms with Crippen molar-refractivity contribution in [3.8, 4) is 17.6 Å². The van der Waals surface area contributed by atoms with Gasteiger partial charge < -0.3 is 18.9 Å². The standard InChI is InChI=1S/C21H17NO7/c1-26-15-10-6-14(7-11-15)17(19(23)27-2)18(20(24)28-3)21(25)29-16-8-4-13(12-22)5-9-16/h4-11H,1-3H3/b18-17-. The van der Waals surface area contributed by atoms with Gasteiger partial charge in [-0.25, -0.2) is 14.4 Å². The van der Waals surface area contributed by atoms with Crippen LogP contribution in [0.5, 0.6) is 11.5 Å². The SMILES string of the molecule is COC(=O)/C(C(=O)Oc1ccc(C#N)cc1)=C(/C(=O)OC)c1ccc(OC)cc1. The van der Waals surface area contributed by atoms with Crippen molar-refractivity contribution in [2.75, 3.05) is 21.3 Å². The fourth-order valence-corrected chi connectivity index (χ4v) is 2.37. The minimum absolute atomic E-state index is 0.0781. The van der Waals surface area contributed by atoms with Crippen LogP contribution in [0.3, 0.4) is 0 Å². The summed E-state index contributed by atoms with van der Waals surface area (Å²) < 4.78 is 19.7. The number of methoxy groups -OCH3 is 3. The van der Waals surface area contributed by atoms with Crippen molar-refractivity contribution in [2.45, 2.75) is 0 Å². The minimum Gasteiger partial charge on any atom is -0.497 e. The molecule has 0 saturated carbocycles. The molecule has 0 aliphatic heterocycles. The molecular formula is C21H17NO7. The first-order chi connectivity index (χ1) is 13.9. The number of ether oxygens (including phenoxy) is 4. The molecule has 0 aliphatic carbocycles. The van der Waals surface area contributed by atoms with Gasteiger partial charge in [0, 0.05) is 0 Å². The van der Waals surface area contributed by atoms with E-state index in [1.54, 1.807) is 12.1 Å². The maximum Gasteiger partial charge on any atom is 0.351 e. The van der Waals surface area contributed by atoms with Crippen molar-refractivity contribution in [1.29, 1.82) is 5.26 Å². The van der Waals surface area contributed by atoms with E-state index in [1.165, 1.54) is 43.5 Å². The third kappa shape index (κ3) is 4.99. The quantitative estimate of drug-likeness (QED) is 0.241. The zero-order chi connectivity index (χ0) is 21.4. The van der Waals surface area contributed by atoms with Gasteiger partial charge >= 0.3 is 17.9 Å². The molecule has 0 N–H and O–H groups in total. The van der Waals surface area contributed by atoms with E-state index in [2.05, 4.69) is 4.74 Å². The van der Waals surface area contributed by atoms with Gasteiger partial charge in [-0.15, -0.1) is 0 Å². The van der Waals surface area contributed by atoms with Gasteiger partial charge in [-0.1, -0.05) is 12.1 Å². The zero-order valence-electron chi connectivity index (χ0n) is 15.9. The van der Waals surface area contributed by atoms with Gasteiger partial charge in [0.25, 0.3) is 0 Å². The van der Waals surface area contributed by atoms with Crippen molar-refractivity contribution >= 4 is 23.5 Å². The average molecular weight is 395 g/mol. The molecular weight excluding hydrogens is 378 g/mol. The van der Waals surface area contributed by atoms with Gasteiger partial charge in [0.1, 0.15) is 11.5 Å². The molecule has 0 saturated heterocycles. The molecule has 0 bridgehead atoms. The second-order valence-electron chi connectivity index (χ2n) is 5.49. The summed E-state index contributed by atoms with van der Waals surface area (Å²) in [5.74, 6) is -2.52. The van der Waals surface area contributed by atoms with Gasteiger partial charge in [-0.05, 0) is 42.0 Å². The topological polar surface area (TPSA) is 112 Å². The minimum atomic E-state index is -1.11. The summed E-state index contributed by atoms with van der Waals surface area (Å²) in [6.45, 7) is 0. The summed E-state index contributed by atoms with van der Waals surface area (Å²) in [5.41, 5.74) is -0.355. The van der Waals surface area contributed by atoms with Crippen molar-refractivity contribution in [1.82, 2.24) is 0 Å². The van der Waals surface area contributed by atoms with Crippen molar-refractivity contribution < 1.29 is 33.3 Å². The van der Waals surface area contributed by atoms with E-state index in [0.29, 0.717) is 11.3 Å². The molecule has 0 aliphatic rings. The molecule has 0 heterocycles. The van der Waals surface area contributed by atoms with Gasteiger partial charge in [0.2, 0.25) is 0 Å². The predicted octanol–water partition coefficient (Wildman–Crippen LogP) is 2.27. The number of esters is 3. The molecule has 2 rings (SSSR count). The summed E-state index contributed by atoms with van der Waals surface area (Å²) in [6.07, 6.45) is 0. The molecule has 0 spiro atoms. The second-order valence-corrected chi connectivity index (χ2v) is 5.49. The van der Waals surface area contributed by atoms with E-state index >= 15 is 0 Å². The molecule has 2 aromatic rings. The lowest BCUT2D eigenvalue weighted by Crippen LogP contribution is -2.24. The number of carbonyl (C=O) groups excluding carboxylic acids is 3. The molecule has 148 valence electrons. The molecule has 0 aromatic heterocycles. The lowest BCUT2D eigenvalue weighted by Gasteiger charge is -2.13. The Morgan fingerprint density at radius 3 is 1.79 bits per heavy atom. The Labute approximate surface area is 166 Å². The third-order valence-electron chi connectivity index (χ3n) is 3.81. The maximum atomic E-state index is 12.7. The van der Waals surface area contributed by atoms with Gasteiger partial charge in [-0.2, -0.15) is 5.26 Å². The summed E-state index contributed by atoms with van der Waals surface area (Å²) >= 11 is 0. The number of nitriles is 1. The first-order valence-corrected chi connectivity index (χ1v) is 8.22. The Kier molecular flexibility index (Phi) is 7.09. The highest BCUT2D eigenvalue weighted by Crippen LogP contribution is 2.25. The first kappa shape index (κ1) is 21.2. The number of hydrogen-bond donors (Lipinski definition) is 0. The van der Waals surface area contributed by atoms with Gasteiger partial charge in [0.15, 0.2) is 5.57 Å². The maximum absolute atomic E-state index is 12.7. The van der Waals surface area contributed by atoms with Crippen LogP contribution in [0.1, 0.15) is 11.1 Å². The molecule has 0 unspecified atom stereocenters. The Morgan fingerprint density at radius 1 is 0.759 bits per heavy atom. The van der Waals surface area contributed by atoms with E-state index in [0.717, 1.165) is 14.2 Å². The Hall–Kier alpha value is -4.12. The normalized spacial score (nSPS) is 10.8. The summed E-state index contributed by atoms with van der Waals surface area (Å²) in [4.78, 5) is 37.5.